The molecule has 0 radical (unpaired) electrons. The van der Waals surface area contributed by atoms with E-state index in [2.05, 4.69) is 39.6 Å². The fourth-order valence-corrected chi connectivity index (χ4v) is 10.8. The van der Waals surface area contributed by atoms with Crippen molar-refractivity contribution in [1.82, 2.24) is 29.9 Å². The van der Waals surface area contributed by atoms with E-state index in [9.17, 15) is 112 Å². The topological polar surface area (TPSA) is 514 Å². The van der Waals surface area contributed by atoms with Crippen molar-refractivity contribution in [2.75, 3.05) is 0 Å². The standard InChI is InChI=1S/C30F12N6.C18N12.C16F6N4.C12F4N4/c1-47-29(16-25(39)19(33)10(6-46)20(34)26(16)40)15-11(7(3-43)13-21(35)17(31)9(5-45)18(32)22(13)36)12(15)8(4-44)14-23(37)27(41)30(48-2)28(42)24(14)38;19-1-7-8(2-20)26-14-13(25-7)15-17(29-10(4-22)9(3-21)27-15)18-16(14)28-11(5-23)12(6-24)30-18;17-11-7(5(1-23)2-24)13(19)15(21)10-9(11)16(22)14(20)8(12(10)18)6(3-25)4-26;13-9-7(5(1-17)2-18)10(14)12(16)8(11(9)15)6(3-19)4-20. The molecule has 1 fully saturated rings. The smallest absolute Gasteiger partial charge is 0.237 e. The predicted molar refractivity (Wildman–Crippen MR) is 354 cm³/mol. The Balaban J connectivity index is 0.000000217. The first kappa shape index (κ1) is 89.3. The lowest BCUT2D eigenvalue weighted by Gasteiger charge is -2.09. The van der Waals surface area contributed by atoms with Gasteiger partial charge in [0.2, 0.25) is 5.70 Å². The van der Waals surface area contributed by atoms with Crippen molar-refractivity contribution >= 4 is 88.7 Å². The Morgan fingerprint density at radius 2 is 0.435 bits per heavy atom. The van der Waals surface area contributed by atoms with Gasteiger partial charge >= 0.3 is 0 Å². The van der Waals surface area contributed by atoms with Crippen molar-refractivity contribution in [1.29, 1.82) is 94.7 Å². The van der Waals surface area contributed by atoms with Crippen molar-refractivity contribution < 1.29 is 96.6 Å². The second-order valence-electron chi connectivity index (χ2n) is 22.2. The number of halogens is 22. The molecule has 48 heteroatoms. The SMILES string of the molecule is N#CC(C#N)=c1c(F)c(F)c(=C(C#N)C#N)c(F)c1F.N#CC(C#N)=c1c(F)c(F)c2c(F)c(=C(C#N)C#N)c(F)c(F)c2c1F.N#Cc1nc2c3nc(C#N)c(C#N)nc3c3nc(C#N)c(C#N)nc3c2nc1C#N.[C-]#[N+]C(=C1C(=C(C#N)c2c(F)c(F)c(C#N)c(F)c2F)C1=C(C#N)c1c(F)c(F)c([N+]#[C-])c(F)c1F)c1c(F)c(F)c(C#N)c(F)c1F. The molecule has 0 saturated heterocycles. The quantitative estimate of drug-likeness (QED) is 0.0521. The number of rotatable bonds is 3. The summed E-state index contributed by atoms with van der Waals surface area (Å²) in [5.74, 6) is -50.9. The highest BCUT2D eigenvalue weighted by Gasteiger charge is 2.47. The summed E-state index contributed by atoms with van der Waals surface area (Å²) in [6.45, 7) is 14.1. The van der Waals surface area contributed by atoms with Gasteiger partial charge in [0, 0.05) is 0 Å². The molecule has 0 spiro atoms. The molecule has 10 aromatic rings. The minimum absolute atomic E-state index is 0.0237. The number of hydrogen-bond donors (Lipinski definition) is 0. The van der Waals surface area contributed by atoms with E-state index in [-0.39, 0.29) is 67.3 Å². The Hall–Kier alpha value is -20.2. The lowest BCUT2D eigenvalue weighted by molar-refractivity contribution is 0.434. The van der Waals surface area contributed by atoms with Crippen molar-refractivity contribution in [3.8, 4) is 109 Å². The average Bonchev–Trinajstić information content (AvgIpc) is 1.53. The Labute approximate surface area is 667 Å². The van der Waals surface area contributed by atoms with Gasteiger partial charge in [-0.05, 0) is 16.7 Å². The molecule has 0 unspecified atom stereocenters. The van der Waals surface area contributed by atoms with Gasteiger partial charge in [-0.1, -0.05) is 0 Å². The Morgan fingerprint density at radius 1 is 0.226 bits per heavy atom. The molecule has 3 aromatic heterocycles. The van der Waals surface area contributed by atoms with Gasteiger partial charge < -0.3 is 0 Å². The zero-order valence-corrected chi connectivity index (χ0v) is 57.9. The van der Waals surface area contributed by atoms with E-state index in [0.717, 1.165) is 72.8 Å². The monoisotopic (exact) mass is 1690 g/mol. The van der Waals surface area contributed by atoms with Crippen LogP contribution in [0.1, 0.15) is 62.0 Å². The van der Waals surface area contributed by atoms with E-state index in [0.29, 0.717) is 0 Å². The van der Waals surface area contributed by atoms with E-state index in [4.69, 9.17) is 65.8 Å². The van der Waals surface area contributed by atoms with Crippen LogP contribution in [0.5, 0.6) is 0 Å². The Kier molecular flexibility index (Phi) is 25.4. The van der Waals surface area contributed by atoms with Crippen LogP contribution in [0.3, 0.4) is 0 Å². The average molecular weight is 1690 g/mol. The van der Waals surface area contributed by atoms with Crippen LogP contribution in [0.15, 0.2) is 16.7 Å². The summed E-state index contributed by atoms with van der Waals surface area (Å²) in [5, 5.41) is 152. The molecule has 26 nitrogen and oxygen atoms in total. The van der Waals surface area contributed by atoms with E-state index in [1.807, 2.05) is 0 Å². The maximum absolute atomic E-state index is 15.0. The van der Waals surface area contributed by atoms with Crippen molar-refractivity contribution in [2.24, 2.45) is 0 Å². The number of allylic oxidation sites excluding steroid dienone is 5. The van der Waals surface area contributed by atoms with Gasteiger partial charge in [-0.2, -0.15) is 94.7 Å². The number of nitrogens with zero attached hydrogens (tertiary/aromatic N) is 26. The molecule has 0 atom stereocenters. The van der Waals surface area contributed by atoms with Crippen LogP contribution in [-0.4, -0.2) is 29.9 Å². The normalized spacial score (nSPS) is 11.6. The maximum Gasteiger partial charge on any atom is 0.262 e. The van der Waals surface area contributed by atoms with Crippen LogP contribution in [-0.2, 0) is 0 Å². The third-order valence-electron chi connectivity index (χ3n) is 16.1. The molecule has 7 aromatic carbocycles. The van der Waals surface area contributed by atoms with Crippen LogP contribution in [0.4, 0.5) is 102 Å². The van der Waals surface area contributed by atoms with E-state index in [1.54, 1.807) is 36.4 Å². The zero-order chi connectivity index (χ0) is 92.7. The molecule has 1 aliphatic rings. The van der Waals surface area contributed by atoms with Gasteiger partial charge in [0.1, 0.15) is 187 Å². The summed E-state index contributed by atoms with van der Waals surface area (Å²) in [4.78, 5) is 29.5. The minimum atomic E-state index is -2.52. The fraction of sp³-hybridized carbons (Fsp3) is 0. The molecule has 3 heterocycles. The highest BCUT2D eigenvalue weighted by molar-refractivity contribution is 6.18. The first-order valence-corrected chi connectivity index (χ1v) is 30.5. The molecule has 0 N–H and O–H groups in total. The zero-order valence-electron chi connectivity index (χ0n) is 57.9. The van der Waals surface area contributed by atoms with Gasteiger partial charge in [0.15, 0.2) is 151 Å². The van der Waals surface area contributed by atoms with Gasteiger partial charge in [0.25, 0.3) is 5.69 Å². The summed E-state index contributed by atoms with van der Waals surface area (Å²) in [6.07, 6.45) is 0. The molecule has 0 amide bonds. The maximum atomic E-state index is 15.0. The Morgan fingerprint density at radius 3 is 0.629 bits per heavy atom. The lowest BCUT2D eigenvalue weighted by Crippen LogP contribution is -2.31. The van der Waals surface area contributed by atoms with Gasteiger partial charge in [-0.3, -0.25) is 0 Å². The minimum Gasteiger partial charge on any atom is -0.237 e. The van der Waals surface area contributed by atoms with Crippen LogP contribution >= 0.6 is 0 Å². The van der Waals surface area contributed by atoms with Gasteiger partial charge in [-0.15, -0.1) is 0 Å². The molecular formula is C76F22N26. The van der Waals surface area contributed by atoms with Crippen LogP contribution in [0.25, 0.3) is 92.7 Å². The van der Waals surface area contributed by atoms with Crippen LogP contribution in [0, 0.1) is 345 Å². The third kappa shape index (κ3) is 14.2. The number of aromatic nitrogens is 6. The Bertz CT molecular complexity index is 7170. The van der Waals surface area contributed by atoms with Crippen LogP contribution in [0.2, 0.25) is 0 Å². The number of benzene rings is 7. The predicted octanol–water partition coefficient (Wildman–Crippen LogP) is 11.7. The summed E-state index contributed by atoms with van der Waals surface area (Å²) in [7, 11) is 0. The first-order chi connectivity index (χ1) is 58.9. The number of hydrogen-bond acceptors (Lipinski definition) is 24. The second-order valence-corrected chi connectivity index (χ2v) is 22.2. The van der Waals surface area contributed by atoms with Gasteiger partial charge in [0.05, 0.1) is 72.6 Å². The van der Waals surface area contributed by atoms with E-state index < -0.39 is 249 Å². The highest BCUT2D eigenvalue weighted by Crippen LogP contribution is 2.58. The lowest BCUT2D eigenvalue weighted by atomic mass is 9.99. The molecule has 11 rings (SSSR count). The summed E-state index contributed by atoms with van der Waals surface area (Å²) in [6, 6.07) is 22.5. The van der Waals surface area contributed by atoms with Crippen molar-refractivity contribution in [3.05, 3.63) is 250 Å². The molecule has 588 valence electrons. The summed E-state index contributed by atoms with van der Waals surface area (Å²) < 4.78 is 317. The molecule has 0 bridgehead atoms. The van der Waals surface area contributed by atoms with E-state index in [1.165, 1.54) is 0 Å². The van der Waals surface area contributed by atoms with Crippen LogP contribution < -0.4 is 20.9 Å². The van der Waals surface area contributed by atoms with Gasteiger partial charge in [-0.25, -0.2) is 136 Å². The molecular weight excluding hydrogens is 1690 g/mol. The number of fused-ring (bicyclic) bond motifs is 7. The van der Waals surface area contributed by atoms with E-state index >= 15 is 26.3 Å². The third-order valence-corrected chi connectivity index (χ3v) is 16.1. The molecule has 0 aliphatic heterocycles. The van der Waals surface area contributed by atoms with Crippen molar-refractivity contribution in [3.63, 3.8) is 0 Å². The summed E-state index contributed by atoms with van der Waals surface area (Å²) >= 11 is 0. The molecule has 124 heavy (non-hydrogen) atoms. The van der Waals surface area contributed by atoms with Crippen molar-refractivity contribution in [2.45, 2.75) is 0 Å². The summed E-state index contributed by atoms with van der Waals surface area (Å²) in [5.41, 5.74) is -28.2. The highest BCUT2D eigenvalue weighted by atomic mass is 19.2. The molecule has 1 aliphatic carbocycles. The fourth-order valence-electron chi connectivity index (χ4n) is 10.8. The number of nitriles is 18. The molecule has 1 saturated carbocycles. The second kappa shape index (κ2) is 35.3. The largest absolute Gasteiger partial charge is 0.262 e. The first-order valence-electron chi connectivity index (χ1n) is 30.5.